The van der Waals surface area contributed by atoms with Crippen molar-refractivity contribution in [2.24, 2.45) is 16.2 Å². The number of methoxy groups -OCH3 is 1. The van der Waals surface area contributed by atoms with Gasteiger partial charge >= 0.3 is 11.9 Å². The molecule has 6 heteroatoms. The van der Waals surface area contributed by atoms with Crippen LogP contribution in [0.15, 0.2) is 24.3 Å². The monoisotopic (exact) mass is 331 g/mol. The molecule has 0 radical (unpaired) electrons. The zero-order chi connectivity index (χ0) is 17.8. The Morgan fingerprint density at radius 2 is 1.71 bits per heavy atom. The maximum atomic E-state index is 13.0. The molecule has 1 N–H and O–H groups in total. The number of ether oxygens (including phenoxy) is 2. The second kappa shape index (κ2) is 5.06. The number of nitrogens with one attached hydrogen (secondary N) is 1. The molecule has 1 amide bonds. The minimum absolute atomic E-state index is 0.295. The third kappa shape index (κ3) is 1.85. The number of fused-ring (bicyclic) bond motifs is 2. The van der Waals surface area contributed by atoms with Gasteiger partial charge in [-0.2, -0.15) is 0 Å². The third-order valence-electron chi connectivity index (χ3n) is 6.17. The summed E-state index contributed by atoms with van der Waals surface area (Å²) in [5, 5.41) is 2.79. The van der Waals surface area contributed by atoms with E-state index in [2.05, 4.69) is 5.32 Å². The van der Waals surface area contributed by atoms with Crippen LogP contribution in [0.4, 0.5) is 5.69 Å². The molecule has 1 aromatic rings. The van der Waals surface area contributed by atoms with Crippen molar-refractivity contribution in [1.29, 1.82) is 0 Å². The van der Waals surface area contributed by atoms with Crippen LogP contribution in [-0.2, 0) is 19.1 Å². The topological polar surface area (TPSA) is 81.7 Å². The molecule has 3 rings (SSSR count). The molecule has 2 fully saturated rings. The summed E-state index contributed by atoms with van der Waals surface area (Å²) in [5.74, 6) is -1.05. The van der Waals surface area contributed by atoms with E-state index in [1.54, 1.807) is 52.1 Å². The number of hydrogen-bond donors (Lipinski definition) is 1. The van der Waals surface area contributed by atoms with Gasteiger partial charge in [0.15, 0.2) is 5.41 Å². The SMILES string of the molecule is COc1ccc(NC(=O)C23CCC(C)(C(=O)OC2=O)C3(C)C)cc1. The predicted molar refractivity (Wildman–Crippen MR) is 86.3 cm³/mol. The molecule has 1 saturated heterocycles. The molecule has 2 aliphatic rings. The van der Waals surface area contributed by atoms with Crippen molar-refractivity contribution in [1.82, 2.24) is 0 Å². The van der Waals surface area contributed by atoms with E-state index in [-0.39, 0.29) is 0 Å². The van der Waals surface area contributed by atoms with Crippen LogP contribution in [0.1, 0.15) is 33.6 Å². The standard InChI is InChI=1S/C18H21NO5/c1-16(2)17(3)9-10-18(16,15(22)24-14(17)21)13(20)19-11-5-7-12(23-4)8-6-11/h5-8H,9-10H2,1-4H3,(H,19,20). The van der Waals surface area contributed by atoms with Gasteiger partial charge in [-0.3, -0.25) is 14.4 Å². The Morgan fingerprint density at radius 3 is 2.29 bits per heavy atom. The van der Waals surface area contributed by atoms with Crippen LogP contribution < -0.4 is 10.1 Å². The summed E-state index contributed by atoms with van der Waals surface area (Å²) in [6.07, 6.45) is 0.740. The van der Waals surface area contributed by atoms with E-state index in [1.807, 2.05) is 0 Å². The number of benzene rings is 1. The fourth-order valence-corrected chi connectivity index (χ4v) is 3.93. The highest BCUT2D eigenvalue weighted by Gasteiger charge is 2.75. The quantitative estimate of drug-likeness (QED) is 0.680. The number of carbonyl (C=O) groups is 3. The minimum atomic E-state index is -1.37. The number of cyclic esters (lactones) is 2. The van der Waals surface area contributed by atoms with Crippen molar-refractivity contribution in [2.75, 3.05) is 12.4 Å². The van der Waals surface area contributed by atoms with Crippen molar-refractivity contribution in [3.63, 3.8) is 0 Å². The fourth-order valence-electron chi connectivity index (χ4n) is 3.93. The first-order valence-electron chi connectivity index (χ1n) is 7.91. The molecule has 24 heavy (non-hydrogen) atoms. The van der Waals surface area contributed by atoms with Crippen LogP contribution in [0.25, 0.3) is 0 Å². The number of carbonyl (C=O) groups excluding carboxylic acids is 3. The maximum Gasteiger partial charge on any atom is 0.329 e. The Hall–Kier alpha value is -2.37. The Balaban J connectivity index is 1.95. The van der Waals surface area contributed by atoms with Crippen molar-refractivity contribution < 1.29 is 23.9 Å². The normalized spacial score (nSPS) is 30.7. The lowest BCUT2D eigenvalue weighted by Gasteiger charge is -2.48. The van der Waals surface area contributed by atoms with Crippen molar-refractivity contribution in [3.8, 4) is 5.75 Å². The molecular weight excluding hydrogens is 310 g/mol. The Labute approximate surface area is 140 Å². The van der Waals surface area contributed by atoms with Crippen molar-refractivity contribution in [2.45, 2.75) is 33.6 Å². The van der Waals surface area contributed by atoms with Crippen LogP contribution >= 0.6 is 0 Å². The third-order valence-corrected chi connectivity index (χ3v) is 6.17. The molecule has 2 atom stereocenters. The second-order valence-corrected chi connectivity index (χ2v) is 7.22. The average Bonchev–Trinajstić information content (AvgIpc) is 2.69. The first-order valence-corrected chi connectivity index (χ1v) is 7.91. The van der Waals surface area contributed by atoms with Gasteiger partial charge in [0.25, 0.3) is 0 Å². The minimum Gasteiger partial charge on any atom is -0.497 e. The summed E-state index contributed by atoms with van der Waals surface area (Å²) in [5.41, 5.74) is -2.49. The Bertz CT molecular complexity index is 723. The lowest BCUT2D eigenvalue weighted by atomic mass is 9.57. The lowest BCUT2D eigenvalue weighted by Crippen LogP contribution is -2.60. The number of hydrogen-bond acceptors (Lipinski definition) is 5. The van der Waals surface area contributed by atoms with Gasteiger partial charge in [0.05, 0.1) is 12.5 Å². The smallest absolute Gasteiger partial charge is 0.329 e. The fraction of sp³-hybridized carbons (Fsp3) is 0.500. The van der Waals surface area contributed by atoms with Crippen molar-refractivity contribution >= 4 is 23.5 Å². The van der Waals surface area contributed by atoms with Gasteiger partial charge < -0.3 is 14.8 Å². The summed E-state index contributed by atoms with van der Waals surface area (Å²) in [4.78, 5) is 37.8. The summed E-state index contributed by atoms with van der Waals surface area (Å²) in [7, 11) is 1.56. The zero-order valence-electron chi connectivity index (χ0n) is 14.3. The summed E-state index contributed by atoms with van der Waals surface area (Å²) < 4.78 is 10.0. The van der Waals surface area contributed by atoms with Crippen LogP contribution in [0.2, 0.25) is 0 Å². The van der Waals surface area contributed by atoms with Gasteiger partial charge in [0.2, 0.25) is 5.91 Å². The molecule has 1 aromatic carbocycles. The zero-order valence-corrected chi connectivity index (χ0v) is 14.3. The highest BCUT2D eigenvalue weighted by atomic mass is 16.6. The van der Waals surface area contributed by atoms with Gasteiger partial charge in [0, 0.05) is 11.1 Å². The molecule has 0 aromatic heterocycles. The van der Waals surface area contributed by atoms with E-state index in [9.17, 15) is 14.4 Å². The number of esters is 2. The van der Waals surface area contributed by atoms with Crippen molar-refractivity contribution in [3.05, 3.63) is 24.3 Å². The first-order chi connectivity index (χ1) is 11.2. The molecule has 1 heterocycles. The Morgan fingerprint density at radius 1 is 1.08 bits per heavy atom. The van der Waals surface area contributed by atoms with E-state index < -0.39 is 34.1 Å². The van der Waals surface area contributed by atoms with Crippen LogP contribution in [0.5, 0.6) is 5.75 Å². The van der Waals surface area contributed by atoms with Gasteiger partial charge in [-0.1, -0.05) is 13.8 Å². The van der Waals surface area contributed by atoms with Crippen LogP contribution in [-0.4, -0.2) is 25.0 Å². The molecule has 0 spiro atoms. The Kier molecular flexibility index (Phi) is 3.48. The van der Waals surface area contributed by atoms with E-state index in [0.717, 1.165) is 0 Å². The van der Waals surface area contributed by atoms with Gasteiger partial charge in [0.1, 0.15) is 5.75 Å². The molecule has 1 aliphatic carbocycles. The van der Waals surface area contributed by atoms with E-state index in [1.165, 1.54) is 0 Å². The molecule has 128 valence electrons. The second-order valence-electron chi connectivity index (χ2n) is 7.22. The molecule has 2 unspecified atom stereocenters. The summed E-state index contributed by atoms with van der Waals surface area (Å²) >= 11 is 0. The van der Waals surface area contributed by atoms with Crippen LogP contribution in [0, 0.1) is 16.2 Å². The maximum absolute atomic E-state index is 13.0. The number of anilines is 1. The van der Waals surface area contributed by atoms with Gasteiger partial charge in [-0.05, 0) is 44.0 Å². The average molecular weight is 331 g/mol. The summed E-state index contributed by atoms with van der Waals surface area (Å²) in [6.45, 7) is 5.36. The van der Waals surface area contributed by atoms with Gasteiger partial charge in [-0.25, -0.2) is 0 Å². The number of rotatable bonds is 3. The highest BCUT2D eigenvalue weighted by molar-refractivity contribution is 6.15. The van der Waals surface area contributed by atoms with E-state index in [0.29, 0.717) is 24.3 Å². The first kappa shape index (κ1) is 16.5. The van der Waals surface area contributed by atoms with E-state index in [4.69, 9.17) is 9.47 Å². The lowest BCUT2D eigenvalue weighted by molar-refractivity contribution is -0.195. The molecule has 1 saturated carbocycles. The predicted octanol–water partition coefficient (Wildman–Crippen LogP) is 2.53. The van der Waals surface area contributed by atoms with Gasteiger partial charge in [-0.15, -0.1) is 0 Å². The molecular formula is C18H21NO5. The molecule has 2 bridgehead atoms. The van der Waals surface area contributed by atoms with E-state index >= 15 is 0 Å². The summed E-state index contributed by atoms with van der Waals surface area (Å²) in [6, 6.07) is 6.85. The number of amides is 1. The highest BCUT2D eigenvalue weighted by Crippen LogP contribution is 2.66. The molecule has 1 aliphatic heterocycles. The molecule has 6 nitrogen and oxygen atoms in total. The largest absolute Gasteiger partial charge is 0.497 e. The van der Waals surface area contributed by atoms with Crippen LogP contribution in [0.3, 0.4) is 0 Å².